The molecule has 0 spiro atoms. The first-order valence-electron chi connectivity index (χ1n) is 10.1. The van der Waals surface area contributed by atoms with E-state index >= 15 is 0 Å². The summed E-state index contributed by atoms with van der Waals surface area (Å²) in [5.74, 6) is 0.0682. The third-order valence-electron chi connectivity index (χ3n) is 5.25. The standard InChI is InChI=1S/C23H25FN2O3/c1-13(2)29-21-9-5-15(11-19(21)24)18(12-16-6-10-22(27)25-16)20-8-7-17(14-3-4-14)23(28)26-20/h5,7-9,11-14,16H,3-4,6,10H2,1-2H3,(H,25,27)(H,26,28)/b18-12-/t16-/m1/s1. The van der Waals surface area contributed by atoms with Gasteiger partial charge < -0.3 is 15.0 Å². The lowest BCUT2D eigenvalue weighted by molar-refractivity contribution is -0.119. The van der Waals surface area contributed by atoms with Crippen molar-refractivity contribution in [3.8, 4) is 5.75 Å². The Bertz CT molecular complexity index is 1020. The van der Waals surface area contributed by atoms with Gasteiger partial charge in [-0.15, -0.1) is 0 Å². The highest BCUT2D eigenvalue weighted by atomic mass is 19.1. The SMILES string of the molecule is CC(C)Oc1ccc(/C(=C/[C@H]2CCC(=O)N2)c2ccc(C3CC3)c(=O)[nH]2)cc1F. The predicted molar refractivity (Wildman–Crippen MR) is 109 cm³/mol. The van der Waals surface area contributed by atoms with Gasteiger partial charge in [0.05, 0.1) is 6.10 Å². The highest BCUT2D eigenvalue weighted by molar-refractivity contribution is 5.82. The van der Waals surface area contributed by atoms with Gasteiger partial charge in [0.1, 0.15) is 0 Å². The number of hydrogen-bond donors (Lipinski definition) is 2. The molecule has 5 nitrogen and oxygen atoms in total. The summed E-state index contributed by atoms with van der Waals surface area (Å²) in [6, 6.07) is 8.36. The van der Waals surface area contributed by atoms with Crippen molar-refractivity contribution in [2.45, 2.75) is 57.6 Å². The second kappa shape index (κ2) is 7.85. The molecular formula is C23H25FN2O3. The number of halogens is 1. The summed E-state index contributed by atoms with van der Waals surface area (Å²) in [4.78, 5) is 27.1. The van der Waals surface area contributed by atoms with E-state index in [1.807, 2.05) is 32.1 Å². The van der Waals surface area contributed by atoms with Crippen LogP contribution in [0.2, 0.25) is 0 Å². The van der Waals surface area contributed by atoms with E-state index < -0.39 is 5.82 Å². The number of amides is 1. The zero-order valence-corrected chi connectivity index (χ0v) is 16.6. The Labute approximate surface area is 169 Å². The third-order valence-corrected chi connectivity index (χ3v) is 5.25. The first-order valence-corrected chi connectivity index (χ1v) is 10.1. The molecule has 2 aromatic rings. The zero-order valence-electron chi connectivity index (χ0n) is 16.6. The molecule has 2 aliphatic rings. The largest absolute Gasteiger partial charge is 0.488 e. The smallest absolute Gasteiger partial charge is 0.251 e. The van der Waals surface area contributed by atoms with Gasteiger partial charge in [0.15, 0.2) is 11.6 Å². The van der Waals surface area contributed by atoms with Crippen molar-refractivity contribution in [2.24, 2.45) is 0 Å². The number of pyridine rings is 1. The minimum Gasteiger partial charge on any atom is -0.488 e. The minimum absolute atomic E-state index is 0.00460. The van der Waals surface area contributed by atoms with E-state index in [9.17, 15) is 14.0 Å². The lowest BCUT2D eigenvalue weighted by Crippen LogP contribution is -2.23. The zero-order chi connectivity index (χ0) is 20.5. The average Bonchev–Trinajstić information content (AvgIpc) is 3.42. The van der Waals surface area contributed by atoms with Crippen molar-refractivity contribution >= 4 is 11.5 Å². The fourth-order valence-electron chi connectivity index (χ4n) is 3.68. The number of H-pyrrole nitrogens is 1. The molecule has 1 aliphatic carbocycles. The van der Waals surface area contributed by atoms with Gasteiger partial charge in [0.25, 0.3) is 5.56 Å². The number of carbonyl (C=O) groups is 1. The summed E-state index contributed by atoms with van der Waals surface area (Å²) in [5.41, 5.74) is 2.61. The van der Waals surface area contributed by atoms with E-state index in [1.165, 1.54) is 6.07 Å². The minimum atomic E-state index is -0.463. The second-order valence-corrected chi connectivity index (χ2v) is 8.04. The molecule has 1 amide bonds. The average molecular weight is 396 g/mol. The monoisotopic (exact) mass is 396 g/mol. The number of hydrogen-bond acceptors (Lipinski definition) is 3. The molecule has 2 heterocycles. The highest BCUT2D eigenvalue weighted by Crippen LogP contribution is 2.38. The number of benzene rings is 1. The van der Waals surface area contributed by atoms with Crippen LogP contribution in [0.25, 0.3) is 5.57 Å². The first kappa shape index (κ1) is 19.4. The summed E-state index contributed by atoms with van der Waals surface area (Å²) in [6.45, 7) is 3.68. The Kier molecular flexibility index (Phi) is 5.26. The topological polar surface area (TPSA) is 71.2 Å². The van der Waals surface area contributed by atoms with Gasteiger partial charge >= 0.3 is 0 Å². The third kappa shape index (κ3) is 4.42. The second-order valence-electron chi connectivity index (χ2n) is 8.04. The summed E-state index contributed by atoms with van der Waals surface area (Å²) in [6.07, 6.45) is 4.98. The highest BCUT2D eigenvalue weighted by Gasteiger charge is 2.27. The molecule has 2 fully saturated rings. The molecule has 1 atom stereocenters. The quantitative estimate of drug-likeness (QED) is 0.778. The van der Waals surface area contributed by atoms with E-state index in [2.05, 4.69) is 10.3 Å². The van der Waals surface area contributed by atoms with Crippen LogP contribution in [0.4, 0.5) is 4.39 Å². The van der Waals surface area contributed by atoms with Gasteiger partial charge in [-0.05, 0) is 62.8 Å². The van der Waals surface area contributed by atoms with E-state index in [4.69, 9.17) is 4.74 Å². The summed E-state index contributed by atoms with van der Waals surface area (Å²) in [5, 5.41) is 2.90. The van der Waals surface area contributed by atoms with E-state index in [0.717, 1.165) is 18.4 Å². The van der Waals surface area contributed by atoms with E-state index in [1.54, 1.807) is 12.1 Å². The van der Waals surface area contributed by atoms with Crippen molar-refractivity contribution < 1.29 is 13.9 Å². The number of ether oxygens (including phenoxy) is 1. The molecule has 1 saturated carbocycles. The fraction of sp³-hybridized carbons (Fsp3) is 0.391. The first-order chi connectivity index (χ1) is 13.9. The van der Waals surface area contributed by atoms with Crippen LogP contribution in [0.1, 0.15) is 62.3 Å². The molecular weight excluding hydrogens is 371 g/mol. The molecule has 1 aliphatic heterocycles. The number of aromatic amines is 1. The Hall–Kier alpha value is -2.89. The molecule has 1 aromatic carbocycles. The molecule has 1 saturated heterocycles. The molecule has 2 N–H and O–H groups in total. The Morgan fingerprint density at radius 3 is 2.55 bits per heavy atom. The molecule has 1 aromatic heterocycles. The van der Waals surface area contributed by atoms with Crippen LogP contribution in [-0.4, -0.2) is 23.0 Å². The van der Waals surface area contributed by atoms with Crippen LogP contribution < -0.4 is 15.6 Å². The van der Waals surface area contributed by atoms with Crippen molar-refractivity contribution in [3.05, 3.63) is 69.4 Å². The molecule has 4 rings (SSSR count). The van der Waals surface area contributed by atoms with E-state index in [-0.39, 0.29) is 29.4 Å². The number of aromatic nitrogens is 1. The summed E-state index contributed by atoms with van der Waals surface area (Å²) < 4.78 is 20.1. The van der Waals surface area contributed by atoms with Crippen molar-refractivity contribution in [2.75, 3.05) is 0 Å². The van der Waals surface area contributed by atoms with Crippen LogP contribution in [0.5, 0.6) is 5.75 Å². The maximum absolute atomic E-state index is 14.6. The van der Waals surface area contributed by atoms with Crippen molar-refractivity contribution in [3.63, 3.8) is 0 Å². The summed E-state index contributed by atoms with van der Waals surface area (Å²) >= 11 is 0. The molecule has 0 unspecified atom stereocenters. The van der Waals surface area contributed by atoms with Gasteiger partial charge in [0.2, 0.25) is 5.91 Å². The van der Waals surface area contributed by atoms with Crippen LogP contribution >= 0.6 is 0 Å². The van der Waals surface area contributed by atoms with Crippen LogP contribution in [-0.2, 0) is 4.79 Å². The van der Waals surface area contributed by atoms with Gasteiger partial charge in [-0.25, -0.2) is 4.39 Å². The fourth-order valence-corrected chi connectivity index (χ4v) is 3.68. The molecule has 6 heteroatoms. The number of nitrogens with one attached hydrogen (secondary N) is 2. The Balaban J connectivity index is 1.74. The van der Waals surface area contributed by atoms with Gasteiger partial charge in [0, 0.05) is 29.3 Å². The maximum Gasteiger partial charge on any atom is 0.251 e. The number of carbonyl (C=O) groups excluding carboxylic acids is 1. The van der Waals surface area contributed by atoms with Crippen LogP contribution in [0.3, 0.4) is 0 Å². The van der Waals surface area contributed by atoms with Crippen molar-refractivity contribution in [1.29, 1.82) is 0 Å². The maximum atomic E-state index is 14.6. The lowest BCUT2D eigenvalue weighted by Gasteiger charge is -2.15. The molecule has 0 radical (unpaired) electrons. The van der Waals surface area contributed by atoms with Gasteiger partial charge in [-0.3, -0.25) is 9.59 Å². The molecule has 29 heavy (non-hydrogen) atoms. The molecule has 152 valence electrons. The molecule has 0 bridgehead atoms. The van der Waals surface area contributed by atoms with Crippen molar-refractivity contribution in [1.82, 2.24) is 10.3 Å². The summed E-state index contributed by atoms with van der Waals surface area (Å²) in [7, 11) is 0. The lowest BCUT2D eigenvalue weighted by atomic mass is 9.98. The Morgan fingerprint density at radius 2 is 1.97 bits per heavy atom. The van der Waals surface area contributed by atoms with Gasteiger partial charge in [-0.1, -0.05) is 18.2 Å². The number of rotatable bonds is 6. The van der Waals surface area contributed by atoms with Crippen LogP contribution in [0, 0.1) is 5.82 Å². The van der Waals surface area contributed by atoms with Crippen LogP contribution in [0.15, 0.2) is 41.2 Å². The van der Waals surface area contributed by atoms with E-state index in [0.29, 0.717) is 35.6 Å². The van der Waals surface area contributed by atoms with Gasteiger partial charge in [-0.2, -0.15) is 0 Å². The predicted octanol–water partition coefficient (Wildman–Crippen LogP) is 3.89. The normalized spacial score (nSPS) is 19.5. The Morgan fingerprint density at radius 1 is 1.17 bits per heavy atom.